The third-order valence-corrected chi connectivity index (χ3v) is 7.57. The first-order chi connectivity index (χ1) is 15.7. The molecule has 3 fully saturated rings. The number of piperazine rings is 1. The molecule has 0 bridgehead atoms. The summed E-state index contributed by atoms with van der Waals surface area (Å²) in [6.45, 7) is 5.34. The maximum atomic E-state index is 13.2. The molecule has 32 heavy (non-hydrogen) atoms. The lowest BCUT2D eigenvalue weighted by atomic mass is 9.96. The number of piperidine rings is 2. The Morgan fingerprint density at radius 1 is 0.938 bits per heavy atom. The molecule has 9 nitrogen and oxygen atoms in total. The second-order valence-corrected chi connectivity index (χ2v) is 9.59. The summed E-state index contributed by atoms with van der Waals surface area (Å²) in [4.78, 5) is 38.1. The number of pyridine rings is 1. The summed E-state index contributed by atoms with van der Waals surface area (Å²) in [5.41, 5.74) is 0. The summed E-state index contributed by atoms with van der Waals surface area (Å²) in [6, 6.07) is 5.93. The van der Waals surface area contributed by atoms with Crippen molar-refractivity contribution >= 4 is 39.2 Å². The quantitative estimate of drug-likeness (QED) is 0.697. The van der Waals surface area contributed by atoms with Crippen molar-refractivity contribution in [1.82, 2.24) is 20.1 Å². The van der Waals surface area contributed by atoms with Crippen molar-refractivity contribution in [2.75, 3.05) is 60.5 Å². The number of hydrogen-bond donors (Lipinski definition) is 0. The lowest BCUT2D eigenvalue weighted by Crippen LogP contribution is -2.52. The van der Waals surface area contributed by atoms with E-state index in [0.29, 0.717) is 18.1 Å². The number of carbonyl (C=O) groups excluding carboxylic acids is 2. The highest BCUT2D eigenvalue weighted by molar-refractivity contribution is 7.19. The van der Waals surface area contributed by atoms with E-state index in [1.165, 1.54) is 11.3 Å². The molecular formula is C22H29N7O2S. The van der Waals surface area contributed by atoms with Gasteiger partial charge >= 0.3 is 0 Å². The van der Waals surface area contributed by atoms with E-state index in [9.17, 15) is 9.59 Å². The van der Waals surface area contributed by atoms with Crippen molar-refractivity contribution in [2.45, 2.75) is 32.1 Å². The van der Waals surface area contributed by atoms with E-state index in [4.69, 9.17) is 0 Å². The average Bonchev–Trinajstić information content (AvgIpc) is 3.35. The molecule has 3 aliphatic heterocycles. The lowest BCUT2D eigenvalue weighted by molar-refractivity contribution is -0.136. The molecule has 0 saturated carbocycles. The minimum Gasteiger partial charge on any atom is -0.353 e. The zero-order chi connectivity index (χ0) is 21.9. The Morgan fingerprint density at radius 2 is 1.78 bits per heavy atom. The van der Waals surface area contributed by atoms with Crippen molar-refractivity contribution in [3.63, 3.8) is 0 Å². The van der Waals surface area contributed by atoms with Gasteiger partial charge in [-0.1, -0.05) is 17.4 Å². The average molecular weight is 456 g/mol. The minimum absolute atomic E-state index is 0.0193. The smallest absolute Gasteiger partial charge is 0.228 e. The number of aromatic nitrogens is 3. The van der Waals surface area contributed by atoms with Crippen LogP contribution in [0.5, 0.6) is 0 Å². The Bertz CT molecular complexity index is 945. The van der Waals surface area contributed by atoms with Gasteiger partial charge in [0.2, 0.25) is 22.1 Å². The van der Waals surface area contributed by atoms with E-state index in [0.717, 1.165) is 75.9 Å². The Hall–Kier alpha value is -2.75. The van der Waals surface area contributed by atoms with Gasteiger partial charge in [-0.25, -0.2) is 4.98 Å². The molecule has 0 spiro atoms. The second kappa shape index (κ2) is 9.40. The Morgan fingerprint density at radius 3 is 2.56 bits per heavy atom. The molecule has 10 heteroatoms. The Balaban J connectivity index is 1.18. The fourth-order valence-electron chi connectivity index (χ4n) is 4.76. The first-order valence-corrected chi connectivity index (χ1v) is 12.3. The molecule has 0 N–H and O–H groups in total. The van der Waals surface area contributed by atoms with E-state index in [-0.39, 0.29) is 17.7 Å². The maximum absolute atomic E-state index is 13.2. The summed E-state index contributed by atoms with van der Waals surface area (Å²) in [5, 5.41) is 10.1. The molecule has 170 valence electrons. The lowest BCUT2D eigenvalue weighted by Gasteiger charge is -2.39. The molecule has 3 saturated heterocycles. The van der Waals surface area contributed by atoms with Crippen LogP contribution in [0.25, 0.3) is 0 Å². The van der Waals surface area contributed by atoms with Crippen molar-refractivity contribution in [3.8, 4) is 0 Å². The van der Waals surface area contributed by atoms with Crippen LogP contribution in [-0.4, -0.2) is 77.7 Å². The Kier molecular flexibility index (Phi) is 6.20. The van der Waals surface area contributed by atoms with Crippen LogP contribution in [0.2, 0.25) is 0 Å². The molecule has 3 aliphatic rings. The predicted molar refractivity (Wildman–Crippen MR) is 124 cm³/mol. The van der Waals surface area contributed by atoms with Gasteiger partial charge in [-0.3, -0.25) is 14.5 Å². The molecule has 0 unspecified atom stereocenters. The van der Waals surface area contributed by atoms with E-state index >= 15 is 0 Å². The van der Waals surface area contributed by atoms with Crippen LogP contribution in [0.15, 0.2) is 24.4 Å². The monoisotopic (exact) mass is 455 g/mol. The van der Waals surface area contributed by atoms with Gasteiger partial charge in [0.25, 0.3) is 0 Å². The highest BCUT2D eigenvalue weighted by atomic mass is 32.1. The standard InChI is InChI=1S/C22H29N7O2S/c30-19-8-2-4-11-29(19)22-25-24-21(32-22)28-10-5-6-17(16-28)20(31)27-14-12-26(13-15-27)18-7-1-3-9-23-18/h1,3,7,9,17H,2,4-6,8,10-16H2/t17-/m1/s1. The maximum Gasteiger partial charge on any atom is 0.228 e. The SMILES string of the molecule is O=C([C@@H]1CCCN(c2nnc(N3CCCCC3=O)s2)C1)N1CCN(c2ccccn2)CC1. The van der Waals surface area contributed by atoms with Gasteiger partial charge in [0.1, 0.15) is 5.82 Å². The fourth-order valence-corrected chi connectivity index (χ4v) is 5.69. The molecule has 1 atom stereocenters. The number of rotatable bonds is 4. The molecule has 0 aliphatic carbocycles. The molecule has 2 aromatic rings. The molecule has 2 aromatic heterocycles. The summed E-state index contributed by atoms with van der Waals surface area (Å²) in [6.07, 6.45) is 6.22. The summed E-state index contributed by atoms with van der Waals surface area (Å²) in [7, 11) is 0. The Labute approximate surface area is 192 Å². The van der Waals surface area contributed by atoms with Crippen LogP contribution in [-0.2, 0) is 9.59 Å². The van der Waals surface area contributed by atoms with Crippen molar-refractivity contribution in [1.29, 1.82) is 0 Å². The number of amides is 2. The molecule has 5 heterocycles. The van der Waals surface area contributed by atoms with Gasteiger partial charge in [-0.2, -0.15) is 0 Å². The van der Waals surface area contributed by atoms with Gasteiger partial charge in [0.15, 0.2) is 0 Å². The first-order valence-electron chi connectivity index (χ1n) is 11.5. The van der Waals surface area contributed by atoms with Gasteiger partial charge in [-0.15, -0.1) is 10.2 Å². The second-order valence-electron chi connectivity index (χ2n) is 8.66. The summed E-state index contributed by atoms with van der Waals surface area (Å²) < 4.78 is 0. The predicted octanol–water partition coefficient (Wildman–Crippen LogP) is 2.02. The molecular weight excluding hydrogens is 426 g/mol. The fraction of sp³-hybridized carbons (Fsp3) is 0.591. The number of hydrogen-bond acceptors (Lipinski definition) is 8. The zero-order valence-electron chi connectivity index (χ0n) is 18.2. The molecule has 2 amide bonds. The van der Waals surface area contributed by atoms with Gasteiger partial charge in [-0.05, 0) is 37.8 Å². The van der Waals surface area contributed by atoms with E-state index in [1.807, 2.05) is 29.3 Å². The van der Waals surface area contributed by atoms with Crippen LogP contribution < -0.4 is 14.7 Å². The number of anilines is 3. The van der Waals surface area contributed by atoms with Crippen molar-refractivity contribution in [2.24, 2.45) is 5.92 Å². The van der Waals surface area contributed by atoms with Gasteiger partial charge in [0.05, 0.1) is 5.92 Å². The molecule has 0 radical (unpaired) electrons. The summed E-state index contributed by atoms with van der Waals surface area (Å²) >= 11 is 1.47. The molecule has 5 rings (SSSR count). The van der Waals surface area contributed by atoms with E-state index in [1.54, 1.807) is 4.90 Å². The highest BCUT2D eigenvalue weighted by Gasteiger charge is 2.33. The molecule has 0 aromatic carbocycles. The van der Waals surface area contributed by atoms with Crippen LogP contribution in [0.3, 0.4) is 0 Å². The van der Waals surface area contributed by atoms with Crippen molar-refractivity contribution < 1.29 is 9.59 Å². The zero-order valence-corrected chi connectivity index (χ0v) is 19.0. The highest BCUT2D eigenvalue weighted by Crippen LogP contribution is 2.32. The number of nitrogens with zero attached hydrogens (tertiary/aromatic N) is 7. The third kappa shape index (κ3) is 4.41. The number of carbonyl (C=O) groups is 2. The van der Waals surface area contributed by atoms with E-state index < -0.39 is 0 Å². The topological polar surface area (TPSA) is 85.8 Å². The summed E-state index contributed by atoms with van der Waals surface area (Å²) in [5.74, 6) is 1.33. The minimum atomic E-state index is -0.0193. The van der Waals surface area contributed by atoms with Crippen LogP contribution in [0.1, 0.15) is 32.1 Å². The van der Waals surface area contributed by atoms with Crippen molar-refractivity contribution in [3.05, 3.63) is 24.4 Å². The van der Waals surface area contributed by atoms with Gasteiger partial charge in [0, 0.05) is 58.4 Å². The third-order valence-electron chi connectivity index (χ3n) is 6.56. The first kappa shape index (κ1) is 21.1. The largest absolute Gasteiger partial charge is 0.353 e. The van der Waals surface area contributed by atoms with Crippen LogP contribution >= 0.6 is 11.3 Å². The van der Waals surface area contributed by atoms with Crippen LogP contribution in [0.4, 0.5) is 16.1 Å². The van der Waals surface area contributed by atoms with Crippen LogP contribution in [0, 0.1) is 5.92 Å². The van der Waals surface area contributed by atoms with E-state index in [2.05, 4.69) is 25.0 Å². The normalized spacial score (nSPS) is 22.4. The van der Waals surface area contributed by atoms with Gasteiger partial charge < -0.3 is 14.7 Å².